The summed E-state index contributed by atoms with van der Waals surface area (Å²) in [6, 6.07) is 0. The molecule has 0 fully saturated rings. The van der Waals surface area contributed by atoms with Crippen molar-refractivity contribution in [3.8, 4) is 0 Å². The van der Waals surface area contributed by atoms with Gasteiger partial charge in [0, 0.05) is 5.41 Å². The molecule has 0 radical (unpaired) electrons. The number of halogens is 12. The van der Waals surface area contributed by atoms with Crippen LogP contribution in [0, 0.1) is 22.2 Å². The lowest BCUT2D eigenvalue weighted by Gasteiger charge is -2.40. The van der Waals surface area contributed by atoms with Crippen molar-refractivity contribution in [1.29, 1.82) is 0 Å². The highest BCUT2D eigenvalue weighted by atomic mass is 19.4. The summed E-state index contributed by atoms with van der Waals surface area (Å²) in [5, 5.41) is 8.76. The number of carboxylic acid groups (broad SMARTS) is 1. The Labute approximate surface area is 185 Å². The molecule has 202 valence electrons. The predicted molar refractivity (Wildman–Crippen MR) is 90.2 cm³/mol. The zero-order valence-electron chi connectivity index (χ0n) is 18.1. The van der Waals surface area contributed by atoms with Crippen LogP contribution in [0.2, 0.25) is 0 Å². The fourth-order valence-electron chi connectivity index (χ4n) is 3.12. The van der Waals surface area contributed by atoms with Gasteiger partial charge in [-0.05, 0) is 25.2 Å². The van der Waals surface area contributed by atoms with Crippen molar-refractivity contribution >= 4 is 11.9 Å². The molecule has 0 bridgehead atoms. The summed E-state index contributed by atoms with van der Waals surface area (Å²) in [7, 11) is 0. The quantitative estimate of drug-likeness (QED) is 0.267. The summed E-state index contributed by atoms with van der Waals surface area (Å²) in [6.45, 7) is 1.61. The molecular weight excluding hydrogens is 508 g/mol. The standard InChI is InChI=1S/C18H22F12O4/c1-9(2)5-6-13(15(19,20)21,16(22,23)24)11(33)34-8-12(3,4)7-14(10(31)32,17(25,26)27)18(28,29)30/h9H,5-8H2,1-4H3,(H,31,32). The number of esters is 1. The number of ether oxygens (including phenoxy) is 1. The molecule has 0 atom stereocenters. The molecule has 0 aromatic carbocycles. The Kier molecular flexibility index (Phi) is 9.09. The monoisotopic (exact) mass is 530 g/mol. The van der Waals surface area contributed by atoms with Crippen LogP contribution < -0.4 is 0 Å². The molecule has 0 spiro atoms. The topological polar surface area (TPSA) is 63.6 Å². The third-order valence-corrected chi connectivity index (χ3v) is 5.08. The first-order valence-electron chi connectivity index (χ1n) is 9.37. The lowest BCUT2D eigenvalue weighted by atomic mass is 9.71. The zero-order valence-corrected chi connectivity index (χ0v) is 18.1. The maximum atomic E-state index is 13.5. The van der Waals surface area contributed by atoms with Crippen LogP contribution in [-0.2, 0) is 14.3 Å². The molecule has 0 aromatic heterocycles. The van der Waals surface area contributed by atoms with E-state index < -0.39 is 84.7 Å². The van der Waals surface area contributed by atoms with Crippen LogP contribution in [-0.4, -0.2) is 48.4 Å². The minimum Gasteiger partial charge on any atom is -0.480 e. The molecule has 0 saturated heterocycles. The third kappa shape index (κ3) is 6.20. The summed E-state index contributed by atoms with van der Waals surface area (Å²) in [5.41, 5.74) is -13.2. The molecule has 0 rings (SSSR count). The molecular formula is C18H22F12O4. The maximum Gasteiger partial charge on any atom is 0.413 e. The summed E-state index contributed by atoms with van der Waals surface area (Å²) >= 11 is 0. The highest BCUT2D eigenvalue weighted by Gasteiger charge is 2.78. The Morgan fingerprint density at radius 2 is 1.09 bits per heavy atom. The van der Waals surface area contributed by atoms with Gasteiger partial charge in [0.1, 0.15) is 0 Å². The smallest absolute Gasteiger partial charge is 0.413 e. The maximum absolute atomic E-state index is 13.5. The molecule has 4 nitrogen and oxygen atoms in total. The molecule has 34 heavy (non-hydrogen) atoms. The van der Waals surface area contributed by atoms with Gasteiger partial charge >= 0.3 is 36.6 Å². The van der Waals surface area contributed by atoms with E-state index in [4.69, 9.17) is 5.11 Å². The van der Waals surface area contributed by atoms with Crippen LogP contribution in [0.1, 0.15) is 47.0 Å². The second-order valence-electron chi connectivity index (χ2n) is 8.96. The van der Waals surface area contributed by atoms with E-state index in [9.17, 15) is 62.3 Å². The molecule has 0 saturated carbocycles. The average molecular weight is 530 g/mol. The van der Waals surface area contributed by atoms with E-state index in [0.29, 0.717) is 13.8 Å². The van der Waals surface area contributed by atoms with Crippen molar-refractivity contribution in [3.63, 3.8) is 0 Å². The van der Waals surface area contributed by atoms with Gasteiger partial charge in [-0.15, -0.1) is 0 Å². The number of hydrogen-bond acceptors (Lipinski definition) is 3. The number of carbonyl (C=O) groups excluding carboxylic acids is 1. The minimum absolute atomic E-state index is 0.465. The van der Waals surface area contributed by atoms with Crippen molar-refractivity contribution in [2.24, 2.45) is 22.2 Å². The van der Waals surface area contributed by atoms with Gasteiger partial charge in [0.05, 0.1) is 6.61 Å². The lowest BCUT2D eigenvalue weighted by Crippen LogP contribution is -2.58. The van der Waals surface area contributed by atoms with E-state index >= 15 is 0 Å². The minimum atomic E-state index is -6.46. The highest BCUT2D eigenvalue weighted by molar-refractivity contribution is 5.79. The Morgan fingerprint density at radius 3 is 1.35 bits per heavy atom. The van der Waals surface area contributed by atoms with Gasteiger partial charge in [-0.25, -0.2) is 0 Å². The Bertz CT molecular complexity index is 701. The average Bonchev–Trinajstić information content (AvgIpc) is 2.53. The second kappa shape index (κ2) is 9.63. The Morgan fingerprint density at radius 1 is 0.735 bits per heavy atom. The van der Waals surface area contributed by atoms with Gasteiger partial charge in [-0.3, -0.25) is 9.59 Å². The number of rotatable bonds is 9. The first-order valence-corrected chi connectivity index (χ1v) is 9.37. The van der Waals surface area contributed by atoms with E-state index in [0.717, 1.165) is 0 Å². The SMILES string of the molecule is CC(C)CCC(C(=O)OCC(C)(C)CC(C(=O)O)(C(F)(F)F)C(F)(F)F)(C(F)(F)F)C(F)(F)F. The van der Waals surface area contributed by atoms with Crippen molar-refractivity contribution in [3.05, 3.63) is 0 Å². The van der Waals surface area contributed by atoms with Gasteiger partial charge in [-0.1, -0.05) is 27.7 Å². The first kappa shape index (κ1) is 32.1. The molecule has 16 heteroatoms. The molecule has 0 aromatic rings. The van der Waals surface area contributed by atoms with Crippen LogP contribution in [0.4, 0.5) is 52.7 Å². The van der Waals surface area contributed by atoms with Crippen LogP contribution in [0.15, 0.2) is 0 Å². The fourth-order valence-corrected chi connectivity index (χ4v) is 3.12. The van der Waals surface area contributed by atoms with E-state index in [1.165, 1.54) is 13.8 Å². The van der Waals surface area contributed by atoms with Gasteiger partial charge in [0.25, 0.3) is 10.8 Å². The summed E-state index contributed by atoms with van der Waals surface area (Å²) in [5.74, 6) is -7.13. The fraction of sp³-hybridized carbons (Fsp3) is 0.889. The first-order chi connectivity index (χ1) is 14.7. The van der Waals surface area contributed by atoms with E-state index in [2.05, 4.69) is 4.74 Å². The molecule has 0 heterocycles. The zero-order chi connectivity index (χ0) is 27.8. The van der Waals surface area contributed by atoms with E-state index in [1.807, 2.05) is 0 Å². The summed E-state index contributed by atoms with van der Waals surface area (Å²) in [6.07, 6.45) is -30.5. The Hall–Kier alpha value is -1.90. The summed E-state index contributed by atoms with van der Waals surface area (Å²) in [4.78, 5) is 23.1. The highest BCUT2D eigenvalue weighted by Crippen LogP contribution is 2.57. The molecule has 1 N–H and O–H groups in total. The van der Waals surface area contributed by atoms with Gasteiger partial charge in [-0.2, -0.15) is 52.7 Å². The van der Waals surface area contributed by atoms with Crippen LogP contribution in [0.3, 0.4) is 0 Å². The van der Waals surface area contributed by atoms with E-state index in [1.54, 1.807) is 0 Å². The third-order valence-electron chi connectivity index (χ3n) is 5.08. The number of aliphatic carboxylic acids is 1. The van der Waals surface area contributed by atoms with Crippen molar-refractivity contribution in [2.45, 2.75) is 71.7 Å². The van der Waals surface area contributed by atoms with Crippen LogP contribution in [0.5, 0.6) is 0 Å². The molecule has 0 unspecified atom stereocenters. The van der Waals surface area contributed by atoms with Gasteiger partial charge in [0.15, 0.2) is 0 Å². The van der Waals surface area contributed by atoms with Gasteiger partial charge in [0.2, 0.25) is 0 Å². The largest absolute Gasteiger partial charge is 0.480 e. The lowest BCUT2D eigenvalue weighted by molar-refractivity contribution is -0.340. The molecule has 0 aliphatic carbocycles. The van der Waals surface area contributed by atoms with Crippen LogP contribution >= 0.6 is 0 Å². The molecule has 0 aliphatic heterocycles. The number of carbonyl (C=O) groups is 2. The second-order valence-corrected chi connectivity index (χ2v) is 8.96. The van der Waals surface area contributed by atoms with Crippen molar-refractivity contribution < 1.29 is 72.1 Å². The van der Waals surface area contributed by atoms with Crippen molar-refractivity contribution in [1.82, 2.24) is 0 Å². The molecule has 0 amide bonds. The van der Waals surface area contributed by atoms with E-state index in [-0.39, 0.29) is 0 Å². The van der Waals surface area contributed by atoms with Crippen LogP contribution in [0.25, 0.3) is 0 Å². The normalized spacial score (nSPS) is 15.0. The van der Waals surface area contributed by atoms with Gasteiger partial charge < -0.3 is 9.84 Å². The summed E-state index contributed by atoms with van der Waals surface area (Å²) < 4.78 is 164. The number of carboxylic acids is 1. The Balaban J connectivity index is 6.28. The predicted octanol–water partition coefficient (Wildman–Crippen LogP) is 6.69. The number of hydrogen-bond donors (Lipinski definition) is 1. The molecule has 0 aliphatic rings. The number of alkyl halides is 12. The van der Waals surface area contributed by atoms with Crippen molar-refractivity contribution in [2.75, 3.05) is 6.61 Å².